The lowest BCUT2D eigenvalue weighted by Gasteiger charge is -2.56. The second-order valence-electron chi connectivity index (χ2n) is 6.35. The van der Waals surface area contributed by atoms with Crippen LogP contribution < -0.4 is 16.2 Å². The zero-order valence-corrected chi connectivity index (χ0v) is 12.4. The van der Waals surface area contributed by atoms with Crippen molar-refractivity contribution in [1.29, 1.82) is 0 Å². The fourth-order valence-corrected chi connectivity index (χ4v) is 4.60. The lowest BCUT2D eigenvalue weighted by molar-refractivity contribution is -0.0768. The predicted molar refractivity (Wildman–Crippen MR) is 81.4 cm³/mol. The van der Waals surface area contributed by atoms with Crippen LogP contribution in [0.5, 0.6) is 5.06 Å². The Morgan fingerprint density at radius 2 is 2.10 bits per heavy atom. The standard InChI is InChI=1S/C15H17N3O2S/c16-9-3-15(4-9)5-10(6-15)20-13-2-11-12(21-13)1-8(7-18-11)14(17)19/h1-2,7,9-10H,3-6,16H2,(H2,17,19). The van der Waals surface area contributed by atoms with Gasteiger partial charge in [0.05, 0.1) is 15.8 Å². The summed E-state index contributed by atoms with van der Waals surface area (Å²) >= 11 is 1.52. The molecule has 2 saturated carbocycles. The third kappa shape index (κ3) is 2.18. The zero-order valence-electron chi connectivity index (χ0n) is 11.5. The number of ether oxygens (including phenoxy) is 1. The van der Waals surface area contributed by atoms with Crippen molar-refractivity contribution in [2.24, 2.45) is 16.9 Å². The third-order valence-corrected chi connectivity index (χ3v) is 5.59. The summed E-state index contributed by atoms with van der Waals surface area (Å²) in [5.41, 5.74) is 12.9. The highest BCUT2D eigenvalue weighted by Gasteiger charge is 2.52. The molecule has 0 bridgehead atoms. The molecule has 0 aromatic carbocycles. The van der Waals surface area contributed by atoms with Gasteiger partial charge < -0.3 is 16.2 Å². The van der Waals surface area contributed by atoms with Gasteiger partial charge in [-0.1, -0.05) is 11.3 Å². The second kappa shape index (κ2) is 4.42. The zero-order chi connectivity index (χ0) is 14.6. The molecule has 21 heavy (non-hydrogen) atoms. The summed E-state index contributed by atoms with van der Waals surface area (Å²) in [6.45, 7) is 0. The van der Waals surface area contributed by atoms with E-state index in [-0.39, 0.29) is 0 Å². The maximum absolute atomic E-state index is 11.2. The van der Waals surface area contributed by atoms with Crippen molar-refractivity contribution < 1.29 is 9.53 Å². The Labute approximate surface area is 126 Å². The second-order valence-corrected chi connectivity index (χ2v) is 7.40. The van der Waals surface area contributed by atoms with E-state index in [4.69, 9.17) is 16.2 Å². The Morgan fingerprint density at radius 3 is 2.76 bits per heavy atom. The van der Waals surface area contributed by atoms with Gasteiger partial charge in [0, 0.05) is 18.3 Å². The molecule has 6 heteroatoms. The fourth-order valence-electron chi connectivity index (χ4n) is 3.63. The highest BCUT2D eigenvalue weighted by Crippen LogP contribution is 2.56. The highest BCUT2D eigenvalue weighted by molar-refractivity contribution is 7.20. The number of fused-ring (bicyclic) bond motifs is 1. The lowest BCUT2D eigenvalue weighted by atomic mass is 9.53. The molecule has 1 amide bonds. The molecule has 2 aliphatic rings. The van der Waals surface area contributed by atoms with Crippen LogP contribution in [-0.2, 0) is 0 Å². The number of hydrogen-bond acceptors (Lipinski definition) is 5. The minimum atomic E-state index is -0.456. The first-order valence-electron chi connectivity index (χ1n) is 7.15. The van der Waals surface area contributed by atoms with Gasteiger partial charge in [-0.3, -0.25) is 9.78 Å². The van der Waals surface area contributed by atoms with Crippen molar-refractivity contribution in [2.45, 2.75) is 37.8 Å². The van der Waals surface area contributed by atoms with Crippen LogP contribution in [0.15, 0.2) is 18.3 Å². The molecule has 2 aromatic rings. The summed E-state index contributed by atoms with van der Waals surface area (Å²) in [6.07, 6.45) is 6.30. The Balaban J connectivity index is 1.46. The summed E-state index contributed by atoms with van der Waals surface area (Å²) in [4.78, 5) is 15.4. The van der Waals surface area contributed by atoms with Crippen LogP contribution in [0.2, 0.25) is 0 Å². The largest absolute Gasteiger partial charge is 0.481 e. The van der Waals surface area contributed by atoms with Crippen LogP contribution in [0.4, 0.5) is 0 Å². The summed E-state index contributed by atoms with van der Waals surface area (Å²) in [7, 11) is 0. The number of amides is 1. The third-order valence-electron chi connectivity index (χ3n) is 4.63. The van der Waals surface area contributed by atoms with E-state index >= 15 is 0 Å². The molecule has 0 saturated heterocycles. The van der Waals surface area contributed by atoms with Crippen molar-refractivity contribution in [2.75, 3.05) is 0 Å². The summed E-state index contributed by atoms with van der Waals surface area (Å²) in [5.74, 6) is -0.456. The number of thiophene rings is 1. The average molecular weight is 303 g/mol. The average Bonchev–Trinajstić information content (AvgIpc) is 2.75. The molecular weight excluding hydrogens is 286 g/mol. The van der Waals surface area contributed by atoms with Gasteiger partial charge in [0.1, 0.15) is 6.10 Å². The number of hydrogen-bond donors (Lipinski definition) is 2. The number of rotatable bonds is 3. The summed E-state index contributed by atoms with van der Waals surface area (Å²) in [5, 5.41) is 0.864. The first-order valence-corrected chi connectivity index (χ1v) is 7.96. The van der Waals surface area contributed by atoms with E-state index in [1.165, 1.54) is 17.5 Å². The van der Waals surface area contributed by atoms with Crippen LogP contribution in [-0.4, -0.2) is 23.0 Å². The smallest absolute Gasteiger partial charge is 0.250 e. The molecule has 2 aromatic heterocycles. The fraction of sp³-hybridized carbons (Fsp3) is 0.467. The van der Waals surface area contributed by atoms with Gasteiger partial charge in [0.25, 0.3) is 0 Å². The van der Waals surface area contributed by atoms with Crippen LogP contribution in [0.25, 0.3) is 10.2 Å². The van der Waals surface area contributed by atoms with Crippen molar-refractivity contribution in [1.82, 2.24) is 4.98 Å². The van der Waals surface area contributed by atoms with E-state index in [0.717, 1.165) is 41.0 Å². The van der Waals surface area contributed by atoms with E-state index in [9.17, 15) is 4.79 Å². The first kappa shape index (κ1) is 13.0. The van der Waals surface area contributed by atoms with Crippen molar-refractivity contribution in [3.63, 3.8) is 0 Å². The number of nitrogens with two attached hydrogens (primary N) is 2. The van der Waals surface area contributed by atoms with Crippen molar-refractivity contribution in [3.8, 4) is 5.06 Å². The Hall–Kier alpha value is -1.66. The molecular formula is C15H17N3O2S. The van der Waals surface area contributed by atoms with Crippen LogP contribution in [0.1, 0.15) is 36.0 Å². The molecule has 0 atom stereocenters. The van der Waals surface area contributed by atoms with Crippen LogP contribution >= 0.6 is 11.3 Å². The van der Waals surface area contributed by atoms with Gasteiger partial charge in [0.15, 0.2) is 5.06 Å². The quantitative estimate of drug-likeness (QED) is 0.907. The van der Waals surface area contributed by atoms with E-state index < -0.39 is 5.91 Å². The van der Waals surface area contributed by atoms with Gasteiger partial charge in [-0.05, 0) is 37.2 Å². The molecule has 2 fully saturated rings. The molecule has 4 rings (SSSR count). The van der Waals surface area contributed by atoms with Crippen LogP contribution in [0.3, 0.4) is 0 Å². The van der Waals surface area contributed by atoms with Gasteiger partial charge in [-0.2, -0.15) is 0 Å². The van der Waals surface area contributed by atoms with Crippen molar-refractivity contribution in [3.05, 3.63) is 23.9 Å². The molecule has 4 N–H and O–H groups in total. The van der Waals surface area contributed by atoms with Gasteiger partial charge in [0.2, 0.25) is 5.91 Å². The number of primary amides is 1. The highest BCUT2D eigenvalue weighted by atomic mass is 32.1. The number of carbonyl (C=O) groups is 1. The van der Waals surface area contributed by atoms with Crippen molar-refractivity contribution >= 4 is 27.5 Å². The molecule has 5 nitrogen and oxygen atoms in total. The Morgan fingerprint density at radius 1 is 1.33 bits per heavy atom. The number of nitrogens with zero attached hydrogens (tertiary/aromatic N) is 1. The lowest BCUT2D eigenvalue weighted by Crippen LogP contribution is -2.56. The normalized spacial score (nSPS) is 30.9. The molecule has 1 spiro atoms. The van der Waals surface area contributed by atoms with E-state index in [1.54, 1.807) is 6.07 Å². The Kier molecular flexibility index (Phi) is 2.74. The van der Waals surface area contributed by atoms with E-state index in [1.807, 2.05) is 6.07 Å². The predicted octanol–water partition coefficient (Wildman–Crippen LogP) is 2.04. The first-order chi connectivity index (χ1) is 10.0. The molecule has 0 unspecified atom stereocenters. The van der Waals surface area contributed by atoms with Gasteiger partial charge in [-0.15, -0.1) is 0 Å². The molecule has 110 valence electrons. The molecule has 0 radical (unpaired) electrons. The topological polar surface area (TPSA) is 91.2 Å². The summed E-state index contributed by atoms with van der Waals surface area (Å²) < 4.78 is 6.96. The number of pyridine rings is 1. The van der Waals surface area contributed by atoms with E-state index in [2.05, 4.69) is 4.98 Å². The number of carbonyl (C=O) groups excluding carboxylic acids is 1. The summed E-state index contributed by atoms with van der Waals surface area (Å²) in [6, 6.07) is 4.10. The van der Waals surface area contributed by atoms with Gasteiger partial charge in [-0.25, -0.2) is 0 Å². The molecule has 0 aliphatic heterocycles. The van der Waals surface area contributed by atoms with E-state index in [0.29, 0.717) is 23.1 Å². The Bertz CT molecular complexity index is 713. The molecule has 2 heterocycles. The van der Waals surface area contributed by atoms with Crippen LogP contribution in [0, 0.1) is 5.41 Å². The molecule has 2 aliphatic carbocycles. The SMILES string of the molecule is NC(=O)c1cnc2cc(OC3CC4(CC(N)C4)C3)sc2c1. The number of aromatic nitrogens is 1. The monoisotopic (exact) mass is 303 g/mol. The maximum Gasteiger partial charge on any atom is 0.250 e. The minimum Gasteiger partial charge on any atom is -0.481 e. The maximum atomic E-state index is 11.2. The minimum absolute atomic E-state index is 0.293. The van der Waals surface area contributed by atoms with Gasteiger partial charge >= 0.3 is 0 Å².